The zero-order valence-electron chi connectivity index (χ0n) is 11.6. The maximum Gasteiger partial charge on any atom is 0.404 e. The number of carboxylic acid groups (broad SMARTS) is 1. The van der Waals surface area contributed by atoms with Crippen molar-refractivity contribution in [1.29, 1.82) is 0 Å². The fraction of sp³-hybridized carbons (Fsp3) is 0.188. The van der Waals surface area contributed by atoms with E-state index in [4.69, 9.17) is 9.84 Å². The van der Waals surface area contributed by atoms with Crippen LogP contribution in [0.4, 0.5) is 10.5 Å². The van der Waals surface area contributed by atoms with Gasteiger partial charge in [-0.25, -0.2) is 4.79 Å². The Balaban J connectivity index is 1.75. The Kier molecular flexibility index (Phi) is 5.46. The minimum atomic E-state index is -1.01. The van der Waals surface area contributed by atoms with Gasteiger partial charge in [0, 0.05) is 18.8 Å². The summed E-state index contributed by atoms with van der Waals surface area (Å²) in [5.41, 5.74) is 2.05. The Morgan fingerprint density at radius 1 is 1.00 bits per heavy atom. The predicted molar refractivity (Wildman–Crippen MR) is 81.7 cm³/mol. The van der Waals surface area contributed by atoms with E-state index >= 15 is 0 Å². The molecule has 2 aromatic rings. The third kappa shape index (κ3) is 5.44. The second kappa shape index (κ2) is 7.79. The Labute approximate surface area is 123 Å². The van der Waals surface area contributed by atoms with E-state index in [1.54, 1.807) is 0 Å². The minimum Gasteiger partial charge on any atom is -0.489 e. The summed E-state index contributed by atoms with van der Waals surface area (Å²) < 4.78 is 5.69. The molecule has 0 saturated heterocycles. The van der Waals surface area contributed by atoms with Crippen molar-refractivity contribution in [2.45, 2.75) is 6.61 Å². The van der Waals surface area contributed by atoms with Gasteiger partial charge >= 0.3 is 6.09 Å². The third-order valence-electron chi connectivity index (χ3n) is 2.83. The van der Waals surface area contributed by atoms with Crippen LogP contribution >= 0.6 is 0 Å². The smallest absolute Gasteiger partial charge is 0.404 e. The molecule has 0 unspecified atom stereocenters. The molecule has 21 heavy (non-hydrogen) atoms. The first-order chi connectivity index (χ1) is 10.2. The van der Waals surface area contributed by atoms with Crippen LogP contribution in [0.1, 0.15) is 5.56 Å². The molecular formula is C16H18N2O3. The monoisotopic (exact) mass is 286 g/mol. The molecule has 0 aliphatic carbocycles. The number of nitrogens with one attached hydrogen (secondary N) is 2. The minimum absolute atomic E-state index is 0.363. The normalized spacial score (nSPS) is 9.90. The fourth-order valence-corrected chi connectivity index (χ4v) is 1.79. The topological polar surface area (TPSA) is 70.6 Å². The van der Waals surface area contributed by atoms with E-state index in [2.05, 4.69) is 10.6 Å². The standard InChI is InChI=1S/C16H18N2O3/c19-16(20)18-11-10-17-14-6-8-15(9-7-14)21-12-13-4-2-1-3-5-13/h1-9,17-18H,10-12H2,(H,19,20). The predicted octanol–water partition coefficient (Wildman–Crippen LogP) is 2.95. The van der Waals surface area contributed by atoms with Crippen LogP contribution in [-0.2, 0) is 6.61 Å². The molecule has 0 aliphatic heterocycles. The number of hydrogen-bond acceptors (Lipinski definition) is 3. The van der Waals surface area contributed by atoms with Crippen molar-refractivity contribution in [3.8, 4) is 5.75 Å². The molecule has 5 heteroatoms. The molecule has 2 rings (SSSR count). The average molecular weight is 286 g/mol. The van der Waals surface area contributed by atoms with Gasteiger partial charge in [0.05, 0.1) is 0 Å². The summed E-state index contributed by atoms with van der Waals surface area (Å²) in [5, 5.41) is 13.9. The molecule has 3 N–H and O–H groups in total. The lowest BCUT2D eigenvalue weighted by Crippen LogP contribution is -2.26. The van der Waals surface area contributed by atoms with Crippen LogP contribution in [0.2, 0.25) is 0 Å². The quantitative estimate of drug-likeness (QED) is 0.684. The number of anilines is 1. The fourth-order valence-electron chi connectivity index (χ4n) is 1.79. The van der Waals surface area contributed by atoms with Crippen LogP contribution < -0.4 is 15.4 Å². The van der Waals surface area contributed by atoms with E-state index in [0.29, 0.717) is 19.7 Å². The molecular weight excluding hydrogens is 268 g/mol. The van der Waals surface area contributed by atoms with E-state index in [-0.39, 0.29) is 0 Å². The highest BCUT2D eigenvalue weighted by atomic mass is 16.5. The summed E-state index contributed by atoms with van der Waals surface area (Å²) in [6, 6.07) is 17.6. The summed E-state index contributed by atoms with van der Waals surface area (Å²) in [6.07, 6.45) is -1.01. The van der Waals surface area contributed by atoms with Gasteiger partial charge in [-0.15, -0.1) is 0 Å². The Bertz CT molecular complexity index is 555. The lowest BCUT2D eigenvalue weighted by molar-refractivity contribution is 0.195. The Morgan fingerprint density at radius 2 is 1.71 bits per heavy atom. The number of amides is 1. The molecule has 0 spiro atoms. The van der Waals surface area contributed by atoms with Crippen LogP contribution in [-0.4, -0.2) is 24.3 Å². The maximum atomic E-state index is 10.3. The van der Waals surface area contributed by atoms with Crippen molar-refractivity contribution in [3.05, 3.63) is 60.2 Å². The zero-order valence-corrected chi connectivity index (χ0v) is 11.6. The molecule has 0 heterocycles. The Hall–Kier alpha value is -2.69. The van der Waals surface area contributed by atoms with Crippen molar-refractivity contribution in [2.24, 2.45) is 0 Å². The summed E-state index contributed by atoms with van der Waals surface area (Å²) in [5.74, 6) is 0.799. The number of hydrogen-bond donors (Lipinski definition) is 3. The maximum absolute atomic E-state index is 10.3. The lowest BCUT2D eigenvalue weighted by Gasteiger charge is -2.09. The van der Waals surface area contributed by atoms with Gasteiger partial charge in [-0.3, -0.25) is 0 Å². The number of carbonyl (C=O) groups is 1. The lowest BCUT2D eigenvalue weighted by atomic mass is 10.2. The zero-order chi connectivity index (χ0) is 14.9. The van der Waals surface area contributed by atoms with Gasteiger partial charge in [0.25, 0.3) is 0 Å². The summed E-state index contributed by atoms with van der Waals surface area (Å²) >= 11 is 0. The first kappa shape index (κ1) is 14.7. The molecule has 0 bridgehead atoms. The van der Waals surface area contributed by atoms with Crippen LogP contribution in [0, 0.1) is 0 Å². The summed E-state index contributed by atoms with van der Waals surface area (Å²) in [6.45, 7) is 1.44. The van der Waals surface area contributed by atoms with Gasteiger partial charge in [0.15, 0.2) is 0 Å². The first-order valence-corrected chi connectivity index (χ1v) is 6.71. The van der Waals surface area contributed by atoms with Crippen LogP contribution in [0.15, 0.2) is 54.6 Å². The Morgan fingerprint density at radius 3 is 2.38 bits per heavy atom. The van der Waals surface area contributed by atoms with Gasteiger partial charge in [-0.1, -0.05) is 30.3 Å². The van der Waals surface area contributed by atoms with Gasteiger partial charge in [-0.2, -0.15) is 0 Å². The number of rotatable bonds is 7. The van der Waals surface area contributed by atoms with E-state index in [0.717, 1.165) is 17.0 Å². The van der Waals surface area contributed by atoms with E-state index < -0.39 is 6.09 Å². The molecule has 5 nitrogen and oxygen atoms in total. The average Bonchev–Trinajstić information content (AvgIpc) is 2.51. The molecule has 0 fully saturated rings. The highest BCUT2D eigenvalue weighted by molar-refractivity contribution is 5.64. The number of ether oxygens (including phenoxy) is 1. The molecule has 2 aromatic carbocycles. The first-order valence-electron chi connectivity index (χ1n) is 6.71. The molecule has 0 radical (unpaired) electrons. The molecule has 0 saturated carbocycles. The van der Waals surface area contributed by atoms with E-state index in [9.17, 15) is 4.79 Å². The van der Waals surface area contributed by atoms with Gasteiger partial charge < -0.3 is 20.5 Å². The molecule has 110 valence electrons. The number of benzene rings is 2. The van der Waals surface area contributed by atoms with Crippen LogP contribution in [0.25, 0.3) is 0 Å². The van der Waals surface area contributed by atoms with Crippen molar-refractivity contribution in [2.75, 3.05) is 18.4 Å². The van der Waals surface area contributed by atoms with Gasteiger partial charge in [0.1, 0.15) is 12.4 Å². The second-order valence-corrected chi connectivity index (χ2v) is 4.46. The largest absolute Gasteiger partial charge is 0.489 e. The third-order valence-corrected chi connectivity index (χ3v) is 2.83. The van der Waals surface area contributed by atoms with Crippen molar-refractivity contribution in [3.63, 3.8) is 0 Å². The van der Waals surface area contributed by atoms with Crippen molar-refractivity contribution >= 4 is 11.8 Å². The molecule has 0 aromatic heterocycles. The van der Waals surface area contributed by atoms with E-state index in [1.807, 2.05) is 54.6 Å². The second-order valence-electron chi connectivity index (χ2n) is 4.46. The van der Waals surface area contributed by atoms with Crippen molar-refractivity contribution in [1.82, 2.24) is 5.32 Å². The van der Waals surface area contributed by atoms with Gasteiger partial charge in [0.2, 0.25) is 0 Å². The highest BCUT2D eigenvalue weighted by Crippen LogP contribution is 2.16. The SMILES string of the molecule is O=C(O)NCCNc1ccc(OCc2ccccc2)cc1. The highest BCUT2D eigenvalue weighted by Gasteiger charge is 1.97. The molecule has 0 atom stereocenters. The summed E-state index contributed by atoms with van der Waals surface area (Å²) in [4.78, 5) is 10.3. The van der Waals surface area contributed by atoms with Crippen LogP contribution in [0.5, 0.6) is 5.75 Å². The summed E-state index contributed by atoms with van der Waals surface area (Å²) in [7, 11) is 0. The van der Waals surface area contributed by atoms with Crippen LogP contribution in [0.3, 0.4) is 0 Å². The van der Waals surface area contributed by atoms with Crippen molar-refractivity contribution < 1.29 is 14.6 Å². The molecule has 0 aliphatic rings. The van der Waals surface area contributed by atoms with Gasteiger partial charge in [-0.05, 0) is 29.8 Å². The molecule has 1 amide bonds. The van der Waals surface area contributed by atoms with E-state index in [1.165, 1.54) is 0 Å².